The van der Waals surface area contributed by atoms with Crippen molar-refractivity contribution in [1.82, 2.24) is 0 Å². The summed E-state index contributed by atoms with van der Waals surface area (Å²) in [5.41, 5.74) is -5.02. The molecule has 0 bridgehead atoms. The number of benzene rings is 3. The molecule has 0 aliphatic carbocycles. The molecule has 0 fully saturated rings. The molecule has 0 spiro atoms. The van der Waals surface area contributed by atoms with E-state index in [0.29, 0.717) is 35.5 Å². The summed E-state index contributed by atoms with van der Waals surface area (Å²) in [6.45, 7) is 4.38. The largest absolute Gasteiger partial charge is 0.435 e. The van der Waals surface area contributed by atoms with Crippen molar-refractivity contribution in [1.29, 1.82) is 0 Å². The van der Waals surface area contributed by atoms with Crippen molar-refractivity contribution in [2.24, 2.45) is 0 Å². The van der Waals surface area contributed by atoms with Gasteiger partial charge in [-0.3, -0.25) is 9.59 Å². The lowest BCUT2D eigenvalue weighted by molar-refractivity contribution is -0.348. The van der Waals surface area contributed by atoms with Gasteiger partial charge in [-0.25, -0.2) is 4.39 Å². The summed E-state index contributed by atoms with van der Waals surface area (Å²) in [6.07, 6.45) is -12.5. The molecule has 0 aromatic heterocycles. The minimum atomic E-state index is -6.25. The number of nitrogens with one attached hydrogen (secondary N) is 1. The van der Waals surface area contributed by atoms with Crippen LogP contribution in [0.25, 0.3) is 0 Å². The van der Waals surface area contributed by atoms with E-state index in [0.717, 1.165) is 5.56 Å². The van der Waals surface area contributed by atoms with E-state index in [-0.39, 0.29) is 28.3 Å². The molecular weight excluding hydrogens is 517 g/mol. The number of hydrogen-bond acceptors (Lipinski definition) is 2. The van der Waals surface area contributed by atoms with Crippen LogP contribution in [0.1, 0.15) is 48.5 Å². The average molecular weight is 538 g/mol. The second-order valence-electron chi connectivity index (χ2n) is 9.14. The van der Waals surface area contributed by atoms with Gasteiger partial charge in [0, 0.05) is 28.1 Å². The summed E-state index contributed by atoms with van der Waals surface area (Å²) in [6, 6.07) is 12.5. The molecule has 1 aliphatic heterocycles. The molecule has 3 aromatic rings. The average Bonchev–Trinajstić information content (AvgIpc) is 3.15. The summed E-state index contributed by atoms with van der Waals surface area (Å²) >= 11 is 0. The molecule has 1 N–H and O–H groups in total. The third-order valence-corrected chi connectivity index (χ3v) is 6.53. The van der Waals surface area contributed by atoms with Crippen molar-refractivity contribution < 1.29 is 40.3 Å². The second-order valence-corrected chi connectivity index (χ2v) is 9.14. The van der Waals surface area contributed by atoms with Crippen molar-refractivity contribution in [2.45, 2.75) is 45.3 Å². The smallest absolute Gasteiger partial charge is 0.322 e. The van der Waals surface area contributed by atoms with Crippen LogP contribution in [0.2, 0.25) is 0 Å². The number of anilines is 2. The maximum atomic E-state index is 14.5. The molecule has 2 amide bonds. The Balaban J connectivity index is 1.65. The molecule has 1 heterocycles. The van der Waals surface area contributed by atoms with Crippen molar-refractivity contribution in [3.05, 3.63) is 93.5 Å². The Bertz CT molecular complexity index is 1410. The van der Waals surface area contributed by atoms with Crippen LogP contribution in [0.4, 0.5) is 42.1 Å². The molecule has 3 aromatic carbocycles. The predicted molar refractivity (Wildman–Crippen MR) is 127 cm³/mol. The van der Waals surface area contributed by atoms with E-state index in [1.54, 1.807) is 31.2 Å². The Morgan fingerprint density at radius 3 is 1.95 bits per heavy atom. The standard InChI is InChI=1S/C27H21F7N2O2/c1-14-8-9-17(12-21(14)36-13-18-6-4-5-7-20(18)24(36)38)23(37)35-22-15(2)10-19(11-16(22)3)25(28,26(29,30)31)27(32,33)34/h4-12H,13H2,1-3H3,(H,35,37). The highest BCUT2D eigenvalue weighted by Gasteiger charge is 2.73. The number of carbonyl (C=O) groups excluding carboxylic acids is 2. The Hall–Kier alpha value is -3.89. The van der Waals surface area contributed by atoms with Crippen LogP contribution in [-0.2, 0) is 12.2 Å². The fraction of sp³-hybridized carbons (Fsp3) is 0.259. The lowest BCUT2D eigenvalue weighted by atomic mass is 9.90. The number of rotatable bonds is 4. The Morgan fingerprint density at radius 2 is 1.39 bits per heavy atom. The number of aryl methyl sites for hydroxylation is 3. The molecule has 38 heavy (non-hydrogen) atoms. The van der Waals surface area contributed by atoms with Gasteiger partial charge in [0.25, 0.3) is 11.8 Å². The van der Waals surface area contributed by atoms with E-state index in [9.17, 15) is 40.3 Å². The molecule has 4 rings (SSSR count). The van der Waals surface area contributed by atoms with Gasteiger partial charge in [-0.1, -0.05) is 36.4 Å². The van der Waals surface area contributed by atoms with E-state index in [1.165, 1.54) is 30.9 Å². The van der Waals surface area contributed by atoms with Gasteiger partial charge < -0.3 is 10.2 Å². The van der Waals surface area contributed by atoms with Gasteiger partial charge in [0.2, 0.25) is 0 Å². The number of fused-ring (bicyclic) bond motifs is 1. The van der Waals surface area contributed by atoms with E-state index in [4.69, 9.17) is 0 Å². The predicted octanol–water partition coefficient (Wildman–Crippen LogP) is 7.31. The van der Waals surface area contributed by atoms with Crippen LogP contribution in [0.3, 0.4) is 0 Å². The highest BCUT2D eigenvalue weighted by Crippen LogP contribution is 2.53. The molecule has 0 atom stereocenters. The van der Waals surface area contributed by atoms with Gasteiger partial charge in [-0.15, -0.1) is 0 Å². The van der Waals surface area contributed by atoms with Crippen molar-refractivity contribution in [3.8, 4) is 0 Å². The van der Waals surface area contributed by atoms with Crippen LogP contribution in [0, 0.1) is 20.8 Å². The lowest BCUT2D eigenvalue weighted by Crippen LogP contribution is -2.50. The first-order chi connectivity index (χ1) is 17.6. The molecule has 200 valence electrons. The third-order valence-electron chi connectivity index (χ3n) is 6.53. The van der Waals surface area contributed by atoms with Crippen LogP contribution < -0.4 is 10.2 Å². The van der Waals surface area contributed by atoms with Gasteiger partial charge in [-0.05, 0) is 61.2 Å². The molecule has 0 saturated heterocycles. The first-order valence-electron chi connectivity index (χ1n) is 11.3. The maximum Gasteiger partial charge on any atom is 0.435 e. The van der Waals surface area contributed by atoms with Crippen molar-refractivity contribution >= 4 is 23.2 Å². The Kier molecular flexibility index (Phi) is 6.53. The molecule has 11 heteroatoms. The maximum absolute atomic E-state index is 14.5. The Labute approximate surface area is 213 Å². The normalized spacial score (nSPS) is 14.1. The third kappa shape index (κ3) is 4.39. The number of amides is 2. The zero-order chi connectivity index (χ0) is 28.2. The molecule has 0 saturated carbocycles. The second kappa shape index (κ2) is 9.14. The molecule has 1 aliphatic rings. The fourth-order valence-corrected chi connectivity index (χ4v) is 4.52. The number of hydrogen-bond donors (Lipinski definition) is 1. The molecule has 4 nitrogen and oxygen atoms in total. The van der Waals surface area contributed by atoms with Gasteiger partial charge in [0.15, 0.2) is 0 Å². The highest BCUT2D eigenvalue weighted by molar-refractivity contribution is 6.11. The van der Waals surface area contributed by atoms with Crippen molar-refractivity contribution in [2.75, 3.05) is 10.2 Å². The summed E-state index contributed by atoms with van der Waals surface area (Å²) in [7, 11) is 0. The summed E-state index contributed by atoms with van der Waals surface area (Å²) < 4.78 is 93.8. The van der Waals surface area contributed by atoms with Crippen LogP contribution in [0.5, 0.6) is 0 Å². The minimum Gasteiger partial charge on any atom is -0.322 e. The van der Waals surface area contributed by atoms with E-state index in [1.807, 2.05) is 6.07 Å². The number of halogens is 7. The van der Waals surface area contributed by atoms with Gasteiger partial charge in [0.05, 0.1) is 6.54 Å². The van der Waals surface area contributed by atoms with Crippen LogP contribution in [-0.4, -0.2) is 24.2 Å². The van der Waals surface area contributed by atoms with Crippen LogP contribution in [0.15, 0.2) is 54.6 Å². The first kappa shape index (κ1) is 27.2. The monoisotopic (exact) mass is 538 g/mol. The summed E-state index contributed by atoms with van der Waals surface area (Å²) in [4.78, 5) is 27.5. The lowest BCUT2D eigenvalue weighted by Gasteiger charge is -2.31. The highest BCUT2D eigenvalue weighted by atomic mass is 19.4. The summed E-state index contributed by atoms with van der Waals surface area (Å²) in [5.74, 6) is -0.958. The van der Waals surface area contributed by atoms with Gasteiger partial charge >= 0.3 is 18.0 Å². The first-order valence-corrected chi connectivity index (χ1v) is 11.3. The van der Waals surface area contributed by atoms with E-state index in [2.05, 4.69) is 5.32 Å². The number of nitrogens with zero attached hydrogens (tertiary/aromatic N) is 1. The van der Waals surface area contributed by atoms with Gasteiger partial charge in [0.1, 0.15) is 0 Å². The topological polar surface area (TPSA) is 49.4 Å². The molecule has 0 radical (unpaired) electrons. The SMILES string of the molecule is Cc1ccc(C(=O)Nc2c(C)cc(C(F)(C(F)(F)F)C(F)(F)F)cc2C)cc1N1Cc2ccccc2C1=O. The number of alkyl halides is 7. The molecule has 0 unspecified atom stereocenters. The van der Waals surface area contributed by atoms with Gasteiger partial charge in [-0.2, -0.15) is 26.3 Å². The van der Waals surface area contributed by atoms with Crippen LogP contribution >= 0.6 is 0 Å². The Morgan fingerprint density at radius 1 is 0.816 bits per heavy atom. The zero-order valence-electron chi connectivity index (χ0n) is 20.3. The summed E-state index contributed by atoms with van der Waals surface area (Å²) in [5, 5.41) is 2.49. The number of carbonyl (C=O) groups is 2. The van der Waals surface area contributed by atoms with Crippen molar-refractivity contribution in [3.63, 3.8) is 0 Å². The van der Waals surface area contributed by atoms with E-state index >= 15 is 0 Å². The fourth-order valence-electron chi connectivity index (χ4n) is 4.52. The molecular formula is C27H21F7N2O2. The minimum absolute atomic E-state index is 0.0581. The quantitative estimate of drug-likeness (QED) is 0.354. The van der Waals surface area contributed by atoms with E-state index < -0.39 is 29.5 Å². The zero-order valence-corrected chi connectivity index (χ0v) is 20.3.